The van der Waals surface area contributed by atoms with Crippen molar-refractivity contribution in [2.75, 3.05) is 0 Å². The molecule has 1 fully saturated rings. The lowest BCUT2D eigenvalue weighted by Gasteiger charge is -2.09. The second-order valence-electron chi connectivity index (χ2n) is 5.45. The lowest BCUT2D eigenvalue weighted by atomic mass is 10.0. The van der Waals surface area contributed by atoms with Gasteiger partial charge in [0.1, 0.15) is 12.4 Å². The minimum atomic E-state index is 0.249. The van der Waals surface area contributed by atoms with Gasteiger partial charge in [-0.05, 0) is 49.1 Å². The smallest absolute Gasteiger partial charge is 0.166 e. The summed E-state index contributed by atoms with van der Waals surface area (Å²) in [5, 5.41) is 0. The fourth-order valence-electron chi connectivity index (χ4n) is 2.30. The molecule has 0 heterocycles. The van der Waals surface area contributed by atoms with Crippen molar-refractivity contribution in [2.24, 2.45) is 5.92 Å². The van der Waals surface area contributed by atoms with Gasteiger partial charge in [-0.15, -0.1) is 0 Å². The van der Waals surface area contributed by atoms with Crippen molar-refractivity contribution in [3.63, 3.8) is 0 Å². The Morgan fingerprint density at radius 1 is 1.15 bits per heavy atom. The van der Waals surface area contributed by atoms with Gasteiger partial charge in [-0.2, -0.15) is 0 Å². The van der Waals surface area contributed by atoms with E-state index in [0.717, 1.165) is 35.3 Å². The van der Waals surface area contributed by atoms with E-state index in [-0.39, 0.29) is 11.7 Å². The number of ketones is 1. The molecule has 0 aliphatic heterocycles. The van der Waals surface area contributed by atoms with Gasteiger partial charge in [0.05, 0.1) is 0 Å². The van der Waals surface area contributed by atoms with Gasteiger partial charge in [0.25, 0.3) is 0 Å². The standard InChI is InChI=1S/C18H18O2/c1-13-9-16(18(19)15-7-8-15)11-17(10-13)20-12-14-5-3-2-4-6-14/h2-6,9-11,15H,7-8,12H2,1H3. The van der Waals surface area contributed by atoms with Crippen molar-refractivity contribution in [1.82, 2.24) is 0 Å². The van der Waals surface area contributed by atoms with Crippen LogP contribution in [0, 0.1) is 12.8 Å². The number of aryl methyl sites for hydroxylation is 1. The number of hydrogen-bond acceptors (Lipinski definition) is 2. The van der Waals surface area contributed by atoms with Crippen LogP contribution in [0.25, 0.3) is 0 Å². The van der Waals surface area contributed by atoms with Gasteiger partial charge in [0, 0.05) is 11.5 Å². The van der Waals surface area contributed by atoms with E-state index < -0.39 is 0 Å². The molecule has 1 aliphatic carbocycles. The predicted molar refractivity (Wildman–Crippen MR) is 79.0 cm³/mol. The summed E-state index contributed by atoms with van der Waals surface area (Å²) in [6, 6.07) is 15.9. The molecule has 102 valence electrons. The molecule has 2 heteroatoms. The highest BCUT2D eigenvalue weighted by Gasteiger charge is 2.30. The lowest BCUT2D eigenvalue weighted by Crippen LogP contribution is -2.03. The maximum Gasteiger partial charge on any atom is 0.166 e. The molecule has 0 N–H and O–H groups in total. The Morgan fingerprint density at radius 2 is 1.90 bits per heavy atom. The van der Waals surface area contributed by atoms with Crippen molar-refractivity contribution in [2.45, 2.75) is 26.4 Å². The molecule has 1 aliphatic rings. The van der Waals surface area contributed by atoms with E-state index in [0.29, 0.717) is 6.61 Å². The Hall–Kier alpha value is -2.09. The summed E-state index contributed by atoms with van der Waals surface area (Å²) >= 11 is 0. The van der Waals surface area contributed by atoms with Gasteiger partial charge >= 0.3 is 0 Å². The summed E-state index contributed by atoms with van der Waals surface area (Å²) in [7, 11) is 0. The number of Topliss-reactive ketones (excluding diaryl/α,β-unsaturated/α-hetero) is 1. The fourth-order valence-corrected chi connectivity index (χ4v) is 2.30. The van der Waals surface area contributed by atoms with Crippen LogP contribution in [0.1, 0.15) is 34.3 Å². The average Bonchev–Trinajstić information content (AvgIpc) is 3.29. The third kappa shape index (κ3) is 3.08. The summed E-state index contributed by atoms with van der Waals surface area (Å²) < 4.78 is 5.81. The molecule has 3 rings (SSSR count). The van der Waals surface area contributed by atoms with Gasteiger partial charge < -0.3 is 4.74 Å². The fraction of sp³-hybridized carbons (Fsp3) is 0.278. The summed E-state index contributed by atoms with van der Waals surface area (Å²) in [6.07, 6.45) is 2.07. The molecule has 0 bridgehead atoms. The zero-order valence-electron chi connectivity index (χ0n) is 11.6. The summed E-state index contributed by atoms with van der Waals surface area (Å²) in [5.74, 6) is 1.29. The van der Waals surface area contributed by atoms with E-state index in [4.69, 9.17) is 4.74 Å². The quantitative estimate of drug-likeness (QED) is 0.759. The van der Waals surface area contributed by atoms with Crippen molar-refractivity contribution in [3.05, 3.63) is 65.2 Å². The number of ether oxygens (including phenoxy) is 1. The van der Waals surface area contributed by atoms with E-state index in [2.05, 4.69) is 0 Å². The SMILES string of the molecule is Cc1cc(OCc2ccccc2)cc(C(=O)C2CC2)c1. The normalized spacial score (nSPS) is 14.1. The minimum Gasteiger partial charge on any atom is -0.489 e. The van der Waals surface area contributed by atoms with Crippen LogP contribution < -0.4 is 4.74 Å². The predicted octanol–water partition coefficient (Wildman–Crippen LogP) is 4.17. The zero-order chi connectivity index (χ0) is 13.9. The van der Waals surface area contributed by atoms with Gasteiger partial charge in [-0.25, -0.2) is 0 Å². The first-order valence-electron chi connectivity index (χ1n) is 7.05. The van der Waals surface area contributed by atoms with E-state index in [9.17, 15) is 4.79 Å². The zero-order valence-corrected chi connectivity index (χ0v) is 11.6. The molecule has 2 aromatic carbocycles. The number of benzene rings is 2. The van der Waals surface area contributed by atoms with Crippen molar-refractivity contribution >= 4 is 5.78 Å². The van der Waals surface area contributed by atoms with Crippen molar-refractivity contribution < 1.29 is 9.53 Å². The van der Waals surface area contributed by atoms with Crippen LogP contribution >= 0.6 is 0 Å². The van der Waals surface area contributed by atoms with Crippen LogP contribution in [0.5, 0.6) is 5.75 Å². The van der Waals surface area contributed by atoms with Gasteiger partial charge in [0.2, 0.25) is 0 Å². The second kappa shape index (κ2) is 5.49. The Bertz CT molecular complexity index is 613. The molecule has 0 spiro atoms. The first kappa shape index (κ1) is 12.9. The highest BCUT2D eigenvalue weighted by atomic mass is 16.5. The molecule has 0 aromatic heterocycles. The molecule has 0 amide bonds. The van der Waals surface area contributed by atoms with Crippen LogP contribution in [-0.4, -0.2) is 5.78 Å². The van der Waals surface area contributed by atoms with Crippen LogP contribution in [0.15, 0.2) is 48.5 Å². The number of rotatable bonds is 5. The molecule has 0 atom stereocenters. The van der Waals surface area contributed by atoms with Crippen LogP contribution in [-0.2, 0) is 6.61 Å². The molecular formula is C18H18O2. The Balaban J connectivity index is 1.74. The number of carbonyl (C=O) groups is 1. The first-order valence-corrected chi connectivity index (χ1v) is 7.05. The minimum absolute atomic E-state index is 0.249. The molecule has 20 heavy (non-hydrogen) atoms. The summed E-state index contributed by atoms with van der Waals surface area (Å²) in [5.41, 5.74) is 2.99. The molecular weight excluding hydrogens is 248 g/mol. The third-order valence-corrected chi connectivity index (χ3v) is 3.53. The monoisotopic (exact) mass is 266 g/mol. The average molecular weight is 266 g/mol. The highest BCUT2D eigenvalue weighted by molar-refractivity contribution is 5.99. The van der Waals surface area contributed by atoms with Crippen LogP contribution in [0.2, 0.25) is 0 Å². The van der Waals surface area contributed by atoms with E-state index in [1.165, 1.54) is 0 Å². The molecule has 2 nitrogen and oxygen atoms in total. The largest absolute Gasteiger partial charge is 0.489 e. The van der Waals surface area contributed by atoms with Gasteiger partial charge in [-0.1, -0.05) is 30.3 Å². The Kier molecular flexibility index (Phi) is 3.55. The van der Waals surface area contributed by atoms with Gasteiger partial charge in [-0.3, -0.25) is 4.79 Å². The molecule has 0 saturated heterocycles. The van der Waals surface area contributed by atoms with Crippen molar-refractivity contribution in [3.8, 4) is 5.75 Å². The second-order valence-corrected chi connectivity index (χ2v) is 5.45. The van der Waals surface area contributed by atoms with E-state index in [1.54, 1.807) is 0 Å². The lowest BCUT2D eigenvalue weighted by molar-refractivity contribution is 0.0967. The highest BCUT2D eigenvalue weighted by Crippen LogP contribution is 2.33. The van der Waals surface area contributed by atoms with E-state index in [1.807, 2.05) is 55.5 Å². The van der Waals surface area contributed by atoms with Crippen LogP contribution in [0.4, 0.5) is 0 Å². The number of hydrogen-bond donors (Lipinski definition) is 0. The molecule has 1 saturated carbocycles. The summed E-state index contributed by atoms with van der Waals surface area (Å²) in [6.45, 7) is 2.53. The molecule has 0 radical (unpaired) electrons. The summed E-state index contributed by atoms with van der Waals surface area (Å²) in [4.78, 5) is 12.1. The third-order valence-electron chi connectivity index (χ3n) is 3.53. The van der Waals surface area contributed by atoms with Crippen molar-refractivity contribution in [1.29, 1.82) is 0 Å². The molecule has 2 aromatic rings. The maximum atomic E-state index is 12.1. The van der Waals surface area contributed by atoms with E-state index >= 15 is 0 Å². The first-order chi connectivity index (χ1) is 9.72. The number of carbonyl (C=O) groups excluding carboxylic acids is 1. The maximum absolute atomic E-state index is 12.1. The Labute approximate surface area is 119 Å². The van der Waals surface area contributed by atoms with Gasteiger partial charge in [0.15, 0.2) is 5.78 Å². The van der Waals surface area contributed by atoms with Crippen LogP contribution in [0.3, 0.4) is 0 Å². The molecule has 0 unspecified atom stereocenters. The Morgan fingerprint density at radius 3 is 2.60 bits per heavy atom. The topological polar surface area (TPSA) is 26.3 Å².